The first-order chi connectivity index (χ1) is 14.7. The quantitative estimate of drug-likeness (QED) is 0.655. The van der Waals surface area contributed by atoms with Gasteiger partial charge in [-0.3, -0.25) is 10.1 Å². The summed E-state index contributed by atoms with van der Waals surface area (Å²) in [6, 6.07) is 16.9. The molecule has 4 rings (SSSR count). The van der Waals surface area contributed by atoms with E-state index in [1.165, 1.54) is 0 Å². The second-order valence-corrected chi connectivity index (χ2v) is 7.60. The van der Waals surface area contributed by atoms with Crippen LogP contribution < -0.4 is 10.6 Å². The van der Waals surface area contributed by atoms with Gasteiger partial charge in [0.05, 0.1) is 0 Å². The SMILES string of the molecule is O=C(CCN1CCC(c2nc3ccccc3o2)CC1)NC(=O)NCc1ccccc1. The number of piperidine rings is 1. The van der Waals surface area contributed by atoms with E-state index in [1.807, 2.05) is 54.6 Å². The predicted molar refractivity (Wildman–Crippen MR) is 114 cm³/mol. The molecule has 1 fully saturated rings. The van der Waals surface area contributed by atoms with Crippen molar-refractivity contribution in [1.82, 2.24) is 20.5 Å². The van der Waals surface area contributed by atoms with Crippen LogP contribution in [0.15, 0.2) is 59.0 Å². The van der Waals surface area contributed by atoms with Gasteiger partial charge in [-0.05, 0) is 43.6 Å². The number of imide groups is 1. The monoisotopic (exact) mass is 406 g/mol. The van der Waals surface area contributed by atoms with Crippen LogP contribution in [0.2, 0.25) is 0 Å². The summed E-state index contributed by atoms with van der Waals surface area (Å²) in [5.41, 5.74) is 2.72. The third-order valence-corrected chi connectivity index (χ3v) is 5.45. The molecule has 0 aliphatic carbocycles. The Bertz CT molecular complexity index is 961. The van der Waals surface area contributed by atoms with Crippen molar-refractivity contribution in [2.24, 2.45) is 0 Å². The molecular formula is C23H26N4O3. The topological polar surface area (TPSA) is 87.5 Å². The number of hydrogen-bond donors (Lipinski definition) is 2. The van der Waals surface area contributed by atoms with Gasteiger partial charge in [0, 0.05) is 25.4 Å². The minimum absolute atomic E-state index is 0.262. The van der Waals surface area contributed by atoms with Crippen molar-refractivity contribution in [1.29, 1.82) is 0 Å². The van der Waals surface area contributed by atoms with Crippen molar-refractivity contribution in [3.8, 4) is 0 Å². The summed E-state index contributed by atoms with van der Waals surface area (Å²) in [5, 5.41) is 5.10. The first kappa shape index (κ1) is 20.1. The molecule has 1 aliphatic rings. The van der Waals surface area contributed by atoms with E-state index in [9.17, 15) is 9.59 Å². The molecule has 30 heavy (non-hydrogen) atoms. The van der Waals surface area contributed by atoms with Crippen molar-refractivity contribution in [2.75, 3.05) is 19.6 Å². The summed E-state index contributed by atoms with van der Waals surface area (Å²) in [4.78, 5) is 30.8. The molecule has 0 radical (unpaired) electrons. The van der Waals surface area contributed by atoms with E-state index in [0.717, 1.165) is 48.5 Å². The van der Waals surface area contributed by atoms with Gasteiger partial charge in [0.25, 0.3) is 0 Å². The maximum atomic E-state index is 12.1. The number of carbonyl (C=O) groups excluding carboxylic acids is 2. The number of carbonyl (C=O) groups is 2. The zero-order valence-corrected chi connectivity index (χ0v) is 16.8. The molecule has 1 aliphatic heterocycles. The lowest BCUT2D eigenvalue weighted by Gasteiger charge is -2.30. The lowest BCUT2D eigenvalue weighted by molar-refractivity contribution is -0.120. The van der Waals surface area contributed by atoms with E-state index < -0.39 is 6.03 Å². The van der Waals surface area contributed by atoms with Crippen LogP contribution in [-0.2, 0) is 11.3 Å². The number of amides is 3. The van der Waals surface area contributed by atoms with Crippen molar-refractivity contribution >= 4 is 23.0 Å². The molecule has 0 bridgehead atoms. The fourth-order valence-electron chi connectivity index (χ4n) is 3.74. The number of nitrogens with one attached hydrogen (secondary N) is 2. The Balaban J connectivity index is 1.16. The van der Waals surface area contributed by atoms with Gasteiger partial charge in [0.1, 0.15) is 5.52 Å². The summed E-state index contributed by atoms with van der Waals surface area (Å²) >= 11 is 0. The summed E-state index contributed by atoms with van der Waals surface area (Å²) in [6.07, 6.45) is 2.20. The zero-order valence-electron chi connectivity index (χ0n) is 16.8. The average Bonchev–Trinajstić information content (AvgIpc) is 3.22. The lowest BCUT2D eigenvalue weighted by Crippen LogP contribution is -2.41. The Hall–Kier alpha value is -3.19. The molecule has 3 aromatic rings. The normalized spacial score (nSPS) is 15.2. The fraction of sp³-hybridized carbons (Fsp3) is 0.348. The largest absolute Gasteiger partial charge is 0.440 e. The molecular weight excluding hydrogens is 380 g/mol. The van der Waals surface area contributed by atoms with Gasteiger partial charge in [-0.25, -0.2) is 9.78 Å². The van der Waals surface area contributed by atoms with E-state index in [4.69, 9.17) is 4.42 Å². The lowest BCUT2D eigenvalue weighted by atomic mass is 9.96. The van der Waals surface area contributed by atoms with Crippen LogP contribution in [0.4, 0.5) is 4.79 Å². The van der Waals surface area contributed by atoms with Gasteiger partial charge in [0.2, 0.25) is 5.91 Å². The molecule has 2 heterocycles. The van der Waals surface area contributed by atoms with E-state index >= 15 is 0 Å². The third kappa shape index (κ3) is 5.24. The highest BCUT2D eigenvalue weighted by atomic mass is 16.3. The van der Waals surface area contributed by atoms with Crippen molar-refractivity contribution < 1.29 is 14.0 Å². The number of nitrogens with zero attached hydrogens (tertiary/aromatic N) is 2. The van der Waals surface area contributed by atoms with Gasteiger partial charge in [-0.2, -0.15) is 0 Å². The van der Waals surface area contributed by atoms with Crippen LogP contribution in [0.3, 0.4) is 0 Å². The smallest absolute Gasteiger partial charge is 0.321 e. The van der Waals surface area contributed by atoms with Gasteiger partial charge >= 0.3 is 6.03 Å². The van der Waals surface area contributed by atoms with Crippen LogP contribution in [0.5, 0.6) is 0 Å². The fourth-order valence-corrected chi connectivity index (χ4v) is 3.74. The molecule has 7 heteroatoms. The molecule has 1 aromatic heterocycles. The van der Waals surface area contributed by atoms with Crippen LogP contribution in [0.1, 0.15) is 36.6 Å². The molecule has 7 nitrogen and oxygen atoms in total. The summed E-state index contributed by atoms with van der Waals surface area (Å²) < 4.78 is 5.90. The molecule has 0 saturated carbocycles. The molecule has 3 amide bonds. The zero-order chi connectivity index (χ0) is 20.8. The van der Waals surface area contributed by atoms with Gasteiger partial charge in [-0.15, -0.1) is 0 Å². The van der Waals surface area contributed by atoms with Crippen LogP contribution in [0.25, 0.3) is 11.1 Å². The molecule has 0 spiro atoms. The Morgan fingerprint density at radius 2 is 1.77 bits per heavy atom. The maximum Gasteiger partial charge on any atom is 0.321 e. The second kappa shape index (κ2) is 9.54. The minimum Gasteiger partial charge on any atom is -0.440 e. The van der Waals surface area contributed by atoms with Crippen LogP contribution in [-0.4, -0.2) is 41.5 Å². The van der Waals surface area contributed by atoms with Crippen molar-refractivity contribution in [2.45, 2.75) is 31.7 Å². The Morgan fingerprint density at radius 3 is 2.53 bits per heavy atom. The minimum atomic E-state index is -0.460. The Labute approximate surface area is 175 Å². The standard InChI is InChI=1S/C23H26N4O3/c28-21(26-23(29)24-16-17-6-2-1-3-7-17)12-15-27-13-10-18(11-14-27)22-25-19-8-4-5-9-20(19)30-22/h1-9,18H,10-16H2,(H2,24,26,28,29). The van der Waals surface area contributed by atoms with Gasteiger partial charge in [0.15, 0.2) is 11.5 Å². The highest BCUT2D eigenvalue weighted by Crippen LogP contribution is 2.29. The number of fused-ring (bicyclic) bond motifs is 1. The van der Waals surface area contributed by atoms with Crippen LogP contribution >= 0.6 is 0 Å². The maximum absolute atomic E-state index is 12.1. The molecule has 2 N–H and O–H groups in total. The molecule has 2 aromatic carbocycles. The van der Waals surface area contributed by atoms with E-state index in [1.54, 1.807) is 0 Å². The highest BCUT2D eigenvalue weighted by Gasteiger charge is 2.25. The van der Waals surface area contributed by atoms with Crippen molar-refractivity contribution in [3.05, 3.63) is 66.1 Å². The molecule has 0 atom stereocenters. The number of oxazole rings is 1. The summed E-state index contributed by atoms with van der Waals surface area (Å²) in [5.74, 6) is 0.858. The molecule has 156 valence electrons. The first-order valence-corrected chi connectivity index (χ1v) is 10.4. The summed E-state index contributed by atoms with van der Waals surface area (Å²) in [7, 11) is 0. The first-order valence-electron chi connectivity index (χ1n) is 10.4. The van der Waals surface area contributed by atoms with Crippen LogP contribution in [0, 0.1) is 0 Å². The van der Waals surface area contributed by atoms with E-state index in [0.29, 0.717) is 25.4 Å². The van der Waals surface area contributed by atoms with Crippen molar-refractivity contribution in [3.63, 3.8) is 0 Å². The third-order valence-electron chi connectivity index (χ3n) is 5.45. The number of aromatic nitrogens is 1. The number of rotatable bonds is 6. The Morgan fingerprint density at radius 1 is 1.03 bits per heavy atom. The number of likely N-dealkylation sites (tertiary alicyclic amines) is 1. The molecule has 1 saturated heterocycles. The number of para-hydroxylation sites is 2. The predicted octanol–water partition coefficient (Wildman–Crippen LogP) is 3.42. The summed E-state index contributed by atoms with van der Waals surface area (Å²) in [6.45, 7) is 2.80. The molecule has 0 unspecified atom stereocenters. The Kier molecular flexibility index (Phi) is 6.39. The average molecular weight is 406 g/mol. The van der Waals surface area contributed by atoms with Gasteiger partial charge < -0.3 is 14.6 Å². The second-order valence-electron chi connectivity index (χ2n) is 7.60. The van der Waals surface area contributed by atoms with Gasteiger partial charge in [-0.1, -0.05) is 42.5 Å². The number of benzene rings is 2. The number of urea groups is 1. The van der Waals surface area contributed by atoms with E-state index in [-0.39, 0.29) is 5.91 Å². The van der Waals surface area contributed by atoms with E-state index in [2.05, 4.69) is 20.5 Å². The number of hydrogen-bond acceptors (Lipinski definition) is 5. The highest BCUT2D eigenvalue weighted by molar-refractivity contribution is 5.94.